The highest BCUT2D eigenvalue weighted by atomic mass is 19.1. The molecule has 0 radical (unpaired) electrons. The molecular formula is C19H19FN2O2. The fourth-order valence-electron chi connectivity index (χ4n) is 2.84. The van der Waals surface area contributed by atoms with E-state index in [0.717, 1.165) is 25.9 Å². The Kier molecular flexibility index (Phi) is 4.89. The monoisotopic (exact) mass is 326 g/mol. The number of halogens is 1. The maximum atomic E-state index is 13.1. The fourth-order valence-corrected chi connectivity index (χ4v) is 2.84. The molecule has 1 N–H and O–H groups in total. The second kappa shape index (κ2) is 7.25. The van der Waals surface area contributed by atoms with Crippen molar-refractivity contribution in [2.24, 2.45) is 0 Å². The van der Waals surface area contributed by atoms with E-state index in [1.807, 2.05) is 4.90 Å². The summed E-state index contributed by atoms with van der Waals surface area (Å²) in [5.74, 6) is -0.547. The Bertz CT molecular complexity index is 737. The Morgan fingerprint density at radius 3 is 2.42 bits per heavy atom. The third-order valence-corrected chi connectivity index (χ3v) is 4.06. The fraction of sp³-hybridized carbons (Fsp3) is 0.263. The number of likely N-dealkylation sites (tertiary alicyclic amines) is 1. The number of nitrogens with zero attached hydrogens (tertiary/aromatic N) is 1. The van der Waals surface area contributed by atoms with Gasteiger partial charge >= 0.3 is 0 Å². The lowest BCUT2D eigenvalue weighted by atomic mass is 10.1. The quantitative estimate of drug-likeness (QED) is 0.938. The second-order valence-electron chi connectivity index (χ2n) is 5.93. The molecule has 4 nitrogen and oxygen atoms in total. The van der Waals surface area contributed by atoms with Gasteiger partial charge in [-0.3, -0.25) is 9.59 Å². The van der Waals surface area contributed by atoms with E-state index < -0.39 is 0 Å². The number of carbonyl (C=O) groups excluding carboxylic acids is 2. The average Bonchev–Trinajstić information content (AvgIpc) is 3.09. The maximum Gasteiger partial charge on any atom is 0.253 e. The molecule has 0 aliphatic carbocycles. The first-order chi connectivity index (χ1) is 11.6. The Hall–Kier alpha value is -2.69. The average molecular weight is 326 g/mol. The summed E-state index contributed by atoms with van der Waals surface area (Å²) in [5, 5.41) is 2.76. The number of carbonyl (C=O) groups is 2. The van der Waals surface area contributed by atoms with Gasteiger partial charge in [0.15, 0.2) is 0 Å². The SMILES string of the molecule is O=C(Cc1cccc(F)c1)Nc1ccc(C(=O)N2CCCC2)cc1. The number of anilines is 1. The van der Waals surface area contributed by atoms with Gasteiger partial charge in [0.05, 0.1) is 6.42 Å². The molecule has 2 aromatic rings. The summed E-state index contributed by atoms with van der Waals surface area (Å²) in [6, 6.07) is 12.8. The molecule has 0 bridgehead atoms. The summed E-state index contributed by atoms with van der Waals surface area (Å²) in [6.45, 7) is 1.62. The van der Waals surface area contributed by atoms with Gasteiger partial charge in [-0.05, 0) is 54.8 Å². The lowest BCUT2D eigenvalue weighted by Gasteiger charge is -2.15. The molecule has 1 aliphatic heterocycles. The van der Waals surface area contributed by atoms with Crippen LogP contribution in [0, 0.1) is 5.82 Å². The van der Waals surface area contributed by atoms with Crippen LogP contribution in [0.4, 0.5) is 10.1 Å². The van der Waals surface area contributed by atoms with Gasteiger partial charge in [0.25, 0.3) is 5.91 Å². The van der Waals surface area contributed by atoms with E-state index in [2.05, 4.69) is 5.32 Å². The van der Waals surface area contributed by atoms with Crippen LogP contribution in [0.15, 0.2) is 48.5 Å². The Balaban J connectivity index is 1.59. The largest absolute Gasteiger partial charge is 0.339 e. The highest BCUT2D eigenvalue weighted by Gasteiger charge is 2.19. The molecular weight excluding hydrogens is 307 g/mol. The van der Waals surface area contributed by atoms with Crippen LogP contribution in [-0.2, 0) is 11.2 Å². The topological polar surface area (TPSA) is 49.4 Å². The van der Waals surface area contributed by atoms with Crippen LogP contribution in [0.3, 0.4) is 0 Å². The first-order valence-corrected chi connectivity index (χ1v) is 8.05. The molecule has 1 fully saturated rings. The minimum atomic E-state index is -0.356. The summed E-state index contributed by atoms with van der Waals surface area (Å²) in [5.41, 5.74) is 1.86. The van der Waals surface area contributed by atoms with Gasteiger partial charge in [-0.1, -0.05) is 12.1 Å². The van der Waals surface area contributed by atoms with Crippen LogP contribution >= 0.6 is 0 Å². The molecule has 0 aromatic heterocycles. The Morgan fingerprint density at radius 1 is 1.04 bits per heavy atom. The lowest BCUT2D eigenvalue weighted by molar-refractivity contribution is -0.115. The van der Waals surface area contributed by atoms with Crippen molar-refractivity contribution in [2.75, 3.05) is 18.4 Å². The molecule has 2 aromatic carbocycles. The lowest BCUT2D eigenvalue weighted by Crippen LogP contribution is -2.27. The second-order valence-corrected chi connectivity index (χ2v) is 5.93. The summed E-state index contributed by atoms with van der Waals surface area (Å²) in [4.78, 5) is 26.1. The minimum absolute atomic E-state index is 0.0325. The molecule has 1 saturated heterocycles. The van der Waals surface area contributed by atoms with Gasteiger partial charge in [-0.2, -0.15) is 0 Å². The van der Waals surface area contributed by atoms with Crippen molar-refractivity contribution in [2.45, 2.75) is 19.3 Å². The van der Waals surface area contributed by atoms with Crippen LogP contribution in [0.5, 0.6) is 0 Å². The van der Waals surface area contributed by atoms with Gasteiger partial charge in [0.2, 0.25) is 5.91 Å². The molecule has 3 rings (SSSR count). The van der Waals surface area contributed by atoms with Crippen LogP contribution in [0.2, 0.25) is 0 Å². The highest BCUT2D eigenvalue weighted by molar-refractivity contribution is 5.96. The molecule has 2 amide bonds. The van der Waals surface area contributed by atoms with Crippen LogP contribution < -0.4 is 5.32 Å². The maximum absolute atomic E-state index is 13.1. The van der Waals surface area contributed by atoms with Crippen LogP contribution in [0.1, 0.15) is 28.8 Å². The summed E-state index contributed by atoms with van der Waals surface area (Å²) < 4.78 is 13.1. The number of hydrogen-bond donors (Lipinski definition) is 1. The third-order valence-electron chi connectivity index (χ3n) is 4.06. The van der Waals surface area contributed by atoms with E-state index in [4.69, 9.17) is 0 Å². The van der Waals surface area contributed by atoms with Crippen LogP contribution in [-0.4, -0.2) is 29.8 Å². The first kappa shape index (κ1) is 16.2. The predicted molar refractivity (Wildman–Crippen MR) is 90.3 cm³/mol. The number of hydrogen-bond acceptors (Lipinski definition) is 2. The first-order valence-electron chi connectivity index (χ1n) is 8.05. The van der Waals surface area contributed by atoms with Crippen molar-refractivity contribution >= 4 is 17.5 Å². The number of amides is 2. The molecule has 0 spiro atoms. The van der Waals surface area contributed by atoms with Crippen molar-refractivity contribution in [3.05, 3.63) is 65.5 Å². The van der Waals surface area contributed by atoms with E-state index in [1.165, 1.54) is 12.1 Å². The number of rotatable bonds is 4. The van der Waals surface area contributed by atoms with E-state index in [-0.39, 0.29) is 24.1 Å². The molecule has 124 valence electrons. The molecule has 1 aliphatic rings. The highest BCUT2D eigenvalue weighted by Crippen LogP contribution is 2.16. The van der Waals surface area contributed by atoms with E-state index in [9.17, 15) is 14.0 Å². The molecule has 0 atom stereocenters. The van der Waals surface area contributed by atoms with Crippen molar-refractivity contribution < 1.29 is 14.0 Å². The van der Waals surface area contributed by atoms with Crippen molar-refractivity contribution in [3.8, 4) is 0 Å². The molecule has 1 heterocycles. The Labute approximate surface area is 140 Å². The van der Waals surface area contributed by atoms with Crippen molar-refractivity contribution in [1.29, 1.82) is 0 Å². The third kappa shape index (κ3) is 3.98. The number of benzene rings is 2. The molecule has 5 heteroatoms. The van der Waals surface area contributed by atoms with Crippen molar-refractivity contribution in [3.63, 3.8) is 0 Å². The summed E-state index contributed by atoms with van der Waals surface area (Å²) in [6.07, 6.45) is 2.21. The zero-order valence-corrected chi connectivity index (χ0v) is 13.3. The van der Waals surface area contributed by atoms with Crippen LogP contribution in [0.25, 0.3) is 0 Å². The molecule has 24 heavy (non-hydrogen) atoms. The van der Waals surface area contributed by atoms with Gasteiger partial charge < -0.3 is 10.2 Å². The van der Waals surface area contributed by atoms with Gasteiger partial charge in [0.1, 0.15) is 5.82 Å². The van der Waals surface area contributed by atoms with E-state index in [1.54, 1.807) is 36.4 Å². The predicted octanol–water partition coefficient (Wildman–Crippen LogP) is 3.24. The zero-order chi connectivity index (χ0) is 16.9. The van der Waals surface area contributed by atoms with Gasteiger partial charge in [0, 0.05) is 24.3 Å². The van der Waals surface area contributed by atoms with Gasteiger partial charge in [-0.15, -0.1) is 0 Å². The Morgan fingerprint density at radius 2 is 1.75 bits per heavy atom. The molecule has 0 saturated carbocycles. The molecule has 0 unspecified atom stereocenters. The normalized spacial score (nSPS) is 13.8. The summed E-state index contributed by atoms with van der Waals surface area (Å²) in [7, 11) is 0. The number of nitrogens with one attached hydrogen (secondary N) is 1. The smallest absolute Gasteiger partial charge is 0.253 e. The van der Waals surface area contributed by atoms with E-state index >= 15 is 0 Å². The standard InChI is InChI=1S/C19H19FN2O2/c20-16-5-3-4-14(12-16)13-18(23)21-17-8-6-15(7-9-17)19(24)22-10-1-2-11-22/h3-9,12H,1-2,10-11,13H2,(H,21,23). The van der Waals surface area contributed by atoms with Gasteiger partial charge in [-0.25, -0.2) is 4.39 Å². The summed E-state index contributed by atoms with van der Waals surface area (Å²) >= 11 is 0. The van der Waals surface area contributed by atoms with E-state index in [0.29, 0.717) is 16.8 Å². The zero-order valence-electron chi connectivity index (χ0n) is 13.3. The minimum Gasteiger partial charge on any atom is -0.339 e. The van der Waals surface area contributed by atoms with Crippen molar-refractivity contribution in [1.82, 2.24) is 4.90 Å².